The molecule has 1 heterocycles. The Morgan fingerprint density at radius 3 is 2.50 bits per heavy atom. The monoisotopic (exact) mass is 295 g/mol. The summed E-state index contributed by atoms with van der Waals surface area (Å²) in [4.78, 5) is 29.9. The first-order valence-corrected chi connectivity index (χ1v) is 6.83. The zero-order chi connectivity index (χ0) is 15.9. The second-order valence-electron chi connectivity index (χ2n) is 4.62. The van der Waals surface area contributed by atoms with Crippen LogP contribution in [0.5, 0.6) is 0 Å². The molecule has 22 heavy (non-hydrogen) atoms. The highest BCUT2D eigenvalue weighted by atomic mass is 16.2. The van der Waals surface area contributed by atoms with Gasteiger partial charge in [0.05, 0.1) is 11.2 Å². The predicted octanol–water partition coefficient (Wildman–Crippen LogP) is 2.37. The summed E-state index contributed by atoms with van der Waals surface area (Å²) in [5.41, 5.74) is 1.15. The molecule has 112 valence electrons. The molecule has 0 saturated heterocycles. The Hall–Kier alpha value is -2.95. The average Bonchev–Trinajstić information content (AvgIpc) is 2.54. The molecule has 0 atom stereocenters. The summed E-state index contributed by atoms with van der Waals surface area (Å²) in [5.74, 6) is -1.34. The molecule has 0 unspecified atom stereocenters. The molecule has 1 aromatic heterocycles. The van der Waals surface area contributed by atoms with Crippen LogP contribution in [0.3, 0.4) is 0 Å². The average molecular weight is 295 g/mol. The first-order valence-electron chi connectivity index (χ1n) is 6.83. The van der Waals surface area contributed by atoms with Crippen LogP contribution in [-0.4, -0.2) is 34.8 Å². The molecule has 2 aromatic rings. The molecule has 2 rings (SSSR count). The molecule has 5 nitrogen and oxygen atoms in total. The second kappa shape index (κ2) is 7.17. The predicted molar refractivity (Wildman–Crippen MR) is 87.3 cm³/mol. The van der Waals surface area contributed by atoms with Crippen molar-refractivity contribution < 1.29 is 9.59 Å². The highest BCUT2D eigenvalue weighted by Crippen LogP contribution is 2.20. The van der Waals surface area contributed by atoms with E-state index in [0.717, 1.165) is 5.39 Å². The smallest absolute Gasteiger partial charge is 0.313 e. The van der Waals surface area contributed by atoms with Crippen molar-refractivity contribution in [1.29, 1.82) is 0 Å². The summed E-state index contributed by atoms with van der Waals surface area (Å²) in [7, 11) is 0. The van der Waals surface area contributed by atoms with E-state index in [0.29, 0.717) is 11.2 Å². The fraction of sp³-hybridized carbons (Fsp3) is 0.118. The van der Waals surface area contributed by atoms with Crippen molar-refractivity contribution in [1.82, 2.24) is 9.88 Å². The van der Waals surface area contributed by atoms with Gasteiger partial charge >= 0.3 is 11.8 Å². The van der Waals surface area contributed by atoms with Crippen molar-refractivity contribution in [3.05, 3.63) is 61.8 Å². The van der Waals surface area contributed by atoms with Crippen LogP contribution in [0.15, 0.2) is 61.8 Å². The molecule has 0 aliphatic heterocycles. The normalized spacial score (nSPS) is 10.0. The van der Waals surface area contributed by atoms with Crippen molar-refractivity contribution in [2.45, 2.75) is 0 Å². The number of para-hydroxylation sites is 1. The standard InChI is InChI=1S/C17H17N3O2/c1-3-11-20(12-4-2)17(22)16(21)19-14-9-5-7-13-8-6-10-18-15(13)14/h3-10H,1-2,11-12H2,(H,19,21). The summed E-state index contributed by atoms with van der Waals surface area (Å²) in [6.07, 6.45) is 4.77. The van der Waals surface area contributed by atoms with Gasteiger partial charge in [0.25, 0.3) is 0 Å². The lowest BCUT2D eigenvalue weighted by Crippen LogP contribution is -2.39. The number of rotatable bonds is 5. The maximum Gasteiger partial charge on any atom is 0.313 e. The third-order valence-corrected chi connectivity index (χ3v) is 3.06. The number of fused-ring (bicyclic) bond motifs is 1. The Morgan fingerprint density at radius 1 is 1.14 bits per heavy atom. The Labute approximate surface area is 129 Å². The first-order chi connectivity index (χ1) is 10.7. The van der Waals surface area contributed by atoms with Crippen molar-refractivity contribution >= 4 is 28.4 Å². The number of pyridine rings is 1. The quantitative estimate of drug-likeness (QED) is 0.680. The van der Waals surface area contributed by atoms with Crippen molar-refractivity contribution in [3.63, 3.8) is 0 Å². The largest absolute Gasteiger partial charge is 0.327 e. The van der Waals surface area contributed by atoms with Gasteiger partial charge in [-0.3, -0.25) is 14.6 Å². The number of carbonyl (C=O) groups is 2. The van der Waals surface area contributed by atoms with Crippen LogP contribution in [0.4, 0.5) is 5.69 Å². The van der Waals surface area contributed by atoms with Crippen LogP contribution in [-0.2, 0) is 9.59 Å². The number of hydrogen-bond donors (Lipinski definition) is 1. The van der Waals surface area contributed by atoms with Crippen molar-refractivity contribution in [2.75, 3.05) is 18.4 Å². The van der Waals surface area contributed by atoms with Gasteiger partial charge in [-0.2, -0.15) is 0 Å². The Kier molecular flexibility index (Phi) is 5.03. The molecule has 0 aliphatic carbocycles. The van der Waals surface area contributed by atoms with E-state index in [-0.39, 0.29) is 13.1 Å². The molecule has 0 fully saturated rings. The van der Waals surface area contributed by atoms with E-state index in [2.05, 4.69) is 23.5 Å². The van der Waals surface area contributed by atoms with Crippen LogP contribution < -0.4 is 5.32 Å². The SMILES string of the molecule is C=CCN(CC=C)C(=O)C(=O)Nc1cccc2cccnc12. The Balaban J connectivity index is 2.21. The molecule has 0 bridgehead atoms. The van der Waals surface area contributed by atoms with Crippen LogP contribution in [0.1, 0.15) is 0 Å². The van der Waals surface area contributed by atoms with Gasteiger partial charge in [0, 0.05) is 24.7 Å². The number of anilines is 1. The minimum absolute atomic E-state index is 0.284. The third-order valence-electron chi connectivity index (χ3n) is 3.06. The molecular formula is C17H17N3O2. The fourth-order valence-corrected chi connectivity index (χ4v) is 2.08. The minimum Gasteiger partial charge on any atom is -0.327 e. The Bertz CT molecular complexity index is 709. The second-order valence-corrected chi connectivity index (χ2v) is 4.62. The van der Waals surface area contributed by atoms with Gasteiger partial charge in [0.1, 0.15) is 0 Å². The molecule has 2 amide bonds. The maximum absolute atomic E-state index is 12.2. The first kappa shape index (κ1) is 15.4. The lowest BCUT2D eigenvalue weighted by atomic mass is 10.2. The lowest BCUT2D eigenvalue weighted by Gasteiger charge is -2.18. The maximum atomic E-state index is 12.2. The van der Waals surface area contributed by atoms with E-state index >= 15 is 0 Å². The molecule has 0 spiro atoms. The van der Waals surface area contributed by atoms with E-state index < -0.39 is 11.8 Å². The van der Waals surface area contributed by atoms with E-state index in [4.69, 9.17) is 0 Å². The molecular weight excluding hydrogens is 278 g/mol. The molecule has 1 aromatic carbocycles. The third kappa shape index (κ3) is 3.38. The topological polar surface area (TPSA) is 62.3 Å². The van der Waals surface area contributed by atoms with Crippen LogP contribution >= 0.6 is 0 Å². The van der Waals surface area contributed by atoms with E-state index in [1.54, 1.807) is 30.5 Å². The Morgan fingerprint density at radius 2 is 1.82 bits per heavy atom. The summed E-state index contributed by atoms with van der Waals surface area (Å²) >= 11 is 0. The minimum atomic E-state index is -0.707. The van der Waals surface area contributed by atoms with E-state index in [1.165, 1.54) is 4.90 Å². The fourth-order valence-electron chi connectivity index (χ4n) is 2.08. The van der Waals surface area contributed by atoms with Crippen molar-refractivity contribution in [2.24, 2.45) is 0 Å². The number of benzene rings is 1. The van der Waals surface area contributed by atoms with Gasteiger partial charge in [-0.15, -0.1) is 13.2 Å². The summed E-state index contributed by atoms with van der Waals surface area (Å²) in [5, 5.41) is 3.51. The van der Waals surface area contributed by atoms with E-state index in [9.17, 15) is 9.59 Å². The van der Waals surface area contributed by atoms with Gasteiger partial charge in [0.2, 0.25) is 0 Å². The van der Waals surface area contributed by atoms with Gasteiger partial charge in [-0.25, -0.2) is 0 Å². The van der Waals surface area contributed by atoms with Gasteiger partial charge < -0.3 is 10.2 Å². The molecule has 0 saturated carbocycles. The van der Waals surface area contributed by atoms with Gasteiger partial charge in [-0.1, -0.05) is 30.4 Å². The lowest BCUT2D eigenvalue weighted by molar-refractivity contribution is -0.142. The number of carbonyl (C=O) groups excluding carboxylic acids is 2. The van der Waals surface area contributed by atoms with Crippen LogP contribution in [0.25, 0.3) is 10.9 Å². The van der Waals surface area contributed by atoms with Crippen molar-refractivity contribution in [3.8, 4) is 0 Å². The van der Waals surface area contributed by atoms with Crippen LogP contribution in [0, 0.1) is 0 Å². The summed E-state index contributed by atoms with van der Waals surface area (Å²) < 4.78 is 0. The highest BCUT2D eigenvalue weighted by molar-refractivity contribution is 6.40. The molecule has 1 N–H and O–H groups in total. The highest BCUT2D eigenvalue weighted by Gasteiger charge is 2.20. The molecule has 5 heteroatoms. The summed E-state index contributed by atoms with van der Waals surface area (Å²) in [6.45, 7) is 7.73. The number of aromatic nitrogens is 1. The zero-order valence-electron chi connectivity index (χ0n) is 12.2. The van der Waals surface area contributed by atoms with E-state index in [1.807, 2.05) is 18.2 Å². The summed E-state index contributed by atoms with van der Waals surface area (Å²) in [6, 6.07) is 9.11. The van der Waals surface area contributed by atoms with Crippen LogP contribution in [0.2, 0.25) is 0 Å². The van der Waals surface area contributed by atoms with Gasteiger partial charge in [-0.05, 0) is 12.1 Å². The number of nitrogens with zero attached hydrogens (tertiary/aromatic N) is 2. The molecule has 0 aliphatic rings. The molecule has 0 radical (unpaired) electrons. The van der Waals surface area contributed by atoms with Gasteiger partial charge in [0.15, 0.2) is 0 Å². The number of nitrogens with one attached hydrogen (secondary N) is 1. The zero-order valence-corrected chi connectivity index (χ0v) is 12.2. The number of hydrogen-bond acceptors (Lipinski definition) is 3. The number of amides is 2.